The molecule has 0 spiro atoms. The van der Waals surface area contributed by atoms with Crippen LogP contribution in [-0.2, 0) is 6.54 Å². The highest BCUT2D eigenvalue weighted by Gasteiger charge is 2.25. The average molecular weight is 258 g/mol. The van der Waals surface area contributed by atoms with E-state index in [9.17, 15) is 0 Å². The molecule has 5 nitrogen and oxygen atoms in total. The van der Waals surface area contributed by atoms with E-state index in [1.165, 1.54) is 6.42 Å². The van der Waals surface area contributed by atoms with E-state index in [-0.39, 0.29) is 0 Å². The van der Waals surface area contributed by atoms with E-state index in [2.05, 4.69) is 26.1 Å². The van der Waals surface area contributed by atoms with Crippen molar-refractivity contribution in [2.24, 2.45) is 0 Å². The number of aromatic nitrogens is 3. The van der Waals surface area contributed by atoms with Crippen molar-refractivity contribution in [3.63, 3.8) is 0 Å². The fourth-order valence-electron chi connectivity index (χ4n) is 2.60. The van der Waals surface area contributed by atoms with Crippen LogP contribution in [-0.4, -0.2) is 33.1 Å². The van der Waals surface area contributed by atoms with Crippen LogP contribution in [0.3, 0.4) is 0 Å². The Morgan fingerprint density at radius 3 is 3.11 bits per heavy atom. The van der Waals surface area contributed by atoms with Crippen molar-refractivity contribution < 1.29 is 4.52 Å². The van der Waals surface area contributed by atoms with Crippen molar-refractivity contribution in [3.8, 4) is 0 Å². The predicted octanol–water partition coefficient (Wildman–Crippen LogP) is 2.15. The lowest BCUT2D eigenvalue weighted by Gasteiger charge is -2.30. The molecule has 0 amide bonds. The first-order chi connectivity index (χ1) is 9.31. The van der Waals surface area contributed by atoms with E-state index in [1.54, 1.807) is 0 Å². The maximum absolute atomic E-state index is 5.30. The molecule has 100 valence electrons. The summed E-state index contributed by atoms with van der Waals surface area (Å²) in [6.07, 6.45) is 4.14. The largest absolute Gasteiger partial charge is 0.339 e. The number of hydrogen-bond donors (Lipinski definition) is 0. The first kappa shape index (κ1) is 12.3. The summed E-state index contributed by atoms with van der Waals surface area (Å²) < 4.78 is 5.30. The molecule has 19 heavy (non-hydrogen) atoms. The quantitative estimate of drug-likeness (QED) is 0.844. The zero-order valence-electron chi connectivity index (χ0n) is 11.1. The van der Waals surface area contributed by atoms with Crippen LogP contribution in [0.1, 0.15) is 36.2 Å². The van der Waals surface area contributed by atoms with Crippen LogP contribution < -0.4 is 0 Å². The highest BCUT2D eigenvalue weighted by molar-refractivity contribution is 5.04. The van der Waals surface area contributed by atoms with Gasteiger partial charge < -0.3 is 4.52 Å². The lowest BCUT2D eigenvalue weighted by Crippen LogP contribution is -2.34. The molecule has 3 rings (SSSR count). The second-order valence-corrected chi connectivity index (χ2v) is 5.08. The van der Waals surface area contributed by atoms with E-state index in [4.69, 9.17) is 4.52 Å². The Bertz CT molecular complexity index is 525. The third kappa shape index (κ3) is 2.98. The Kier molecular flexibility index (Phi) is 3.55. The standard InChI is InChI=1S/C14H18N4O/c1-11-16-14(19-17-11)12-5-4-8-18(9-12)10-13-6-2-3-7-15-13/h2-3,6-7,12H,4-5,8-10H2,1H3/t12-/m1/s1. The van der Waals surface area contributed by atoms with Gasteiger partial charge in [-0.25, -0.2) is 0 Å². The summed E-state index contributed by atoms with van der Waals surface area (Å²) in [5, 5.41) is 3.88. The van der Waals surface area contributed by atoms with Crippen molar-refractivity contribution in [2.45, 2.75) is 32.2 Å². The Morgan fingerprint density at radius 2 is 2.37 bits per heavy atom. The van der Waals surface area contributed by atoms with E-state index in [0.717, 1.165) is 43.5 Å². The zero-order valence-corrected chi connectivity index (χ0v) is 11.1. The Balaban J connectivity index is 1.65. The van der Waals surface area contributed by atoms with Crippen molar-refractivity contribution >= 4 is 0 Å². The third-order valence-electron chi connectivity index (χ3n) is 3.51. The monoisotopic (exact) mass is 258 g/mol. The number of rotatable bonds is 3. The summed E-state index contributed by atoms with van der Waals surface area (Å²) in [6.45, 7) is 4.84. The van der Waals surface area contributed by atoms with Gasteiger partial charge >= 0.3 is 0 Å². The molecule has 1 saturated heterocycles. The van der Waals surface area contributed by atoms with Crippen LogP contribution in [0.5, 0.6) is 0 Å². The fraction of sp³-hybridized carbons (Fsp3) is 0.500. The summed E-state index contributed by atoms with van der Waals surface area (Å²) in [5.74, 6) is 1.86. The minimum absolute atomic E-state index is 0.360. The molecule has 2 aromatic heterocycles. The molecule has 0 unspecified atom stereocenters. The summed E-state index contributed by atoms with van der Waals surface area (Å²) in [7, 11) is 0. The molecule has 0 aromatic carbocycles. The predicted molar refractivity (Wildman–Crippen MR) is 70.5 cm³/mol. The number of piperidine rings is 1. The van der Waals surface area contributed by atoms with Crippen molar-refractivity contribution in [1.82, 2.24) is 20.0 Å². The smallest absolute Gasteiger partial charge is 0.231 e. The van der Waals surface area contributed by atoms with Crippen molar-refractivity contribution in [2.75, 3.05) is 13.1 Å². The molecule has 0 aliphatic carbocycles. The van der Waals surface area contributed by atoms with E-state index in [1.807, 2.05) is 25.3 Å². The highest BCUT2D eigenvalue weighted by Crippen LogP contribution is 2.26. The SMILES string of the molecule is Cc1noc([C@@H]2CCCN(Cc3ccccn3)C2)n1. The van der Waals surface area contributed by atoms with Crippen LogP contribution in [0.2, 0.25) is 0 Å². The molecule has 3 heterocycles. The molecule has 0 bridgehead atoms. The second kappa shape index (κ2) is 5.48. The topological polar surface area (TPSA) is 55.1 Å². The summed E-state index contributed by atoms with van der Waals surface area (Å²) >= 11 is 0. The third-order valence-corrected chi connectivity index (χ3v) is 3.51. The first-order valence-corrected chi connectivity index (χ1v) is 6.74. The highest BCUT2D eigenvalue weighted by atomic mass is 16.5. The lowest BCUT2D eigenvalue weighted by atomic mass is 9.98. The molecule has 0 radical (unpaired) electrons. The van der Waals surface area contributed by atoms with Crippen LogP contribution >= 0.6 is 0 Å². The average Bonchev–Trinajstić information content (AvgIpc) is 2.87. The van der Waals surface area contributed by atoms with Gasteiger partial charge in [-0.3, -0.25) is 9.88 Å². The van der Waals surface area contributed by atoms with Gasteiger partial charge in [0, 0.05) is 19.3 Å². The van der Waals surface area contributed by atoms with Crippen molar-refractivity contribution in [1.29, 1.82) is 0 Å². The molecule has 0 saturated carbocycles. The Morgan fingerprint density at radius 1 is 1.42 bits per heavy atom. The van der Waals surface area contributed by atoms with Crippen LogP contribution in [0.15, 0.2) is 28.9 Å². The summed E-state index contributed by atoms with van der Waals surface area (Å²) in [4.78, 5) is 11.2. The number of aryl methyl sites for hydroxylation is 1. The van der Waals surface area contributed by atoms with Crippen LogP contribution in [0.4, 0.5) is 0 Å². The first-order valence-electron chi connectivity index (χ1n) is 6.74. The molecule has 1 aliphatic heterocycles. The zero-order chi connectivity index (χ0) is 13.1. The molecular formula is C14H18N4O. The van der Waals surface area contributed by atoms with Gasteiger partial charge in [0.1, 0.15) is 0 Å². The summed E-state index contributed by atoms with van der Waals surface area (Å²) in [5.41, 5.74) is 1.12. The summed E-state index contributed by atoms with van der Waals surface area (Å²) in [6, 6.07) is 6.05. The fourth-order valence-corrected chi connectivity index (χ4v) is 2.60. The number of pyridine rings is 1. The Labute approximate surface area is 112 Å². The molecule has 5 heteroatoms. The second-order valence-electron chi connectivity index (χ2n) is 5.08. The number of hydrogen-bond acceptors (Lipinski definition) is 5. The molecule has 1 atom stereocenters. The number of likely N-dealkylation sites (tertiary alicyclic amines) is 1. The van der Waals surface area contributed by atoms with Crippen LogP contribution in [0.25, 0.3) is 0 Å². The van der Waals surface area contributed by atoms with E-state index in [0.29, 0.717) is 5.92 Å². The Hall–Kier alpha value is -1.75. The van der Waals surface area contributed by atoms with Gasteiger partial charge in [-0.2, -0.15) is 4.98 Å². The maximum atomic E-state index is 5.30. The van der Waals surface area contributed by atoms with Gasteiger partial charge in [-0.05, 0) is 38.4 Å². The minimum atomic E-state index is 0.360. The van der Waals surface area contributed by atoms with Gasteiger partial charge in [0.2, 0.25) is 5.89 Å². The van der Waals surface area contributed by atoms with Gasteiger partial charge in [0.15, 0.2) is 5.82 Å². The van der Waals surface area contributed by atoms with E-state index >= 15 is 0 Å². The van der Waals surface area contributed by atoms with Gasteiger partial charge in [0.05, 0.1) is 11.6 Å². The number of nitrogens with zero attached hydrogens (tertiary/aromatic N) is 4. The maximum Gasteiger partial charge on any atom is 0.231 e. The molecule has 1 fully saturated rings. The molecule has 0 N–H and O–H groups in total. The minimum Gasteiger partial charge on any atom is -0.339 e. The van der Waals surface area contributed by atoms with Crippen LogP contribution in [0, 0.1) is 6.92 Å². The van der Waals surface area contributed by atoms with Crippen molar-refractivity contribution in [3.05, 3.63) is 41.8 Å². The van der Waals surface area contributed by atoms with Gasteiger partial charge in [0.25, 0.3) is 0 Å². The van der Waals surface area contributed by atoms with E-state index < -0.39 is 0 Å². The molecule has 2 aromatic rings. The lowest BCUT2D eigenvalue weighted by molar-refractivity contribution is 0.178. The molecule has 1 aliphatic rings. The van der Waals surface area contributed by atoms with Gasteiger partial charge in [-0.15, -0.1) is 0 Å². The normalized spacial score (nSPS) is 20.6. The molecular weight excluding hydrogens is 240 g/mol. The van der Waals surface area contributed by atoms with Gasteiger partial charge in [-0.1, -0.05) is 11.2 Å².